The highest BCUT2D eigenvalue weighted by atomic mass is 19.4. The second-order valence-electron chi connectivity index (χ2n) is 13.8. The number of alkyl halides is 3. The maximum absolute atomic E-state index is 13.1. The lowest BCUT2D eigenvalue weighted by Gasteiger charge is -2.13. The number of non-ortho nitro benzene ring substituents is 1. The van der Waals surface area contributed by atoms with Gasteiger partial charge in [-0.3, -0.25) is 20.2 Å². The number of halogens is 3. The number of carbonyl (C=O) groups is 1. The van der Waals surface area contributed by atoms with Crippen LogP contribution in [-0.4, -0.2) is 174 Å². The van der Waals surface area contributed by atoms with Gasteiger partial charge in [0.1, 0.15) is 12.3 Å². The summed E-state index contributed by atoms with van der Waals surface area (Å²) in [6, 6.07) is 14.5. The van der Waals surface area contributed by atoms with E-state index in [1.54, 1.807) is 18.2 Å². The van der Waals surface area contributed by atoms with Crippen molar-refractivity contribution in [3.05, 3.63) is 98.1 Å². The van der Waals surface area contributed by atoms with E-state index in [0.717, 1.165) is 18.2 Å². The Hall–Kier alpha value is -5.12. The molecule has 68 heavy (non-hydrogen) atoms. The van der Waals surface area contributed by atoms with Gasteiger partial charge in [-0.1, -0.05) is 18.2 Å². The summed E-state index contributed by atoms with van der Waals surface area (Å²) in [4.78, 5) is 33.3. The van der Waals surface area contributed by atoms with Crippen molar-refractivity contribution in [1.82, 2.24) is 0 Å². The van der Waals surface area contributed by atoms with Gasteiger partial charge in [0.2, 0.25) is 0 Å². The lowest BCUT2D eigenvalue weighted by atomic mass is 10.1. The van der Waals surface area contributed by atoms with Gasteiger partial charge in [0.25, 0.3) is 11.4 Å². The zero-order valence-corrected chi connectivity index (χ0v) is 37.8. The van der Waals surface area contributed by atoms with Gasteiger partial charge in [-0.15, -0.1) is 0 Å². The predicted molar refractivity (Wildman–Crippen MR) is 239 cm³/mol. The van der Waals surface area contributed by atoms with Crippen molar-refractivity contribution < 1.29 is 84.7 Å². The molecule has 0 fully saturated rings. The number of anilines is 3. The van der Waals surface area contributed by atoms with Crippen molar-refractivity contribution in [3.63, 3.8) is 0 Å². The molecule has 0 bridgehead atoms. The second kappa shape index (κ2) is 35.9. The van der Waals surface area contributed by atoms with E-state index in [4.69, 9.17) is 56.8 Å². The van der Waals surface area contributed by atoms with Gasteiger partial charge in [-0.25, -0.2) is 4.79 Å². The van der Waals surface area contributed by atoms with Gasteiger partial charge in [0, 0.05) is 18.3 Å². The average Bonchev–Trinajstić information content (AvgIpc) is 3.32. The van der Waals surface area contributed by atoms with Crippen LogP contribution in [0.2, 0.25) is 0 Å². The van der Waals surface area contributed by atoms with E-state index in [9.17, 15) is 38.2 Å². The highest BCUT2D eigenvalue weighted by molar-refractivity contribution is 5.96. The van der Waals surface area contributed by atoms with Gasteiger partial charge in [0.15, 0.2) is 0 Å². The minimum Gasteiger partial charge on any atom is -0.460 e. The maximum atomic E-state index is 13.1. The third-order valence-electron chi connectivity index (χ3n) is 8.75. The van der Waals surface area contributed by atoms with Crippen LogP contribution in [0.25, 0.3) is 0 Å². The van der Waals surface area contributed by atoms with Crippen LogP contribution >= 0.6 is 0 Å². The fourth-order valence-corrected chi connectivity index (χ4v) is 5.46. The molecule has 0 aromatic heterocycles. The molecule has 0 amide bonds. The molecule has 3 aromatic rings. The second-order valence-corrected chi connectivity index (χ2v) is 13.8. The number of esters is 1. The summed E-state index contributed by atoms with van der Waals surface area (Å²) in [5.41, 5.74) is -0.703. The normalized spacial score (nSPS) is 11.5. The van der Waals surface area contributed by atoms with Gasteiger partial charge in [-0.2, -0.15) is 13.2 Å². The number of nitrogens with one attached hydrogen (secondary N) is 2. The fraction of sp³-hybridized carbons (Fsp3) is 0.568. The van der Waals surface area contributed by atoms with Crippen LogP contribution in [0.4, 0.5) is 41.6 Å². The predicted octanol–water partition coefficient (Wildman–Crippen LogP) is 5.72. The molecule has 0 radical (unpaired) electrons. The Balaban J connectivity index is 0.967. The Kier molecular flexibility index (Phi) is 30.2. The molecule has 380 valence electrons. The van der Waals surface area contributed by atoms with E-state index in [1.165, 1.54) is 30.3 Å². The van der Waals surface area contributed by atoms with Crippen LogP contribution < -0.4 is 10.6 Å². The molecular formula is C44H61F3N4O17. The van der Waals surface area contributed by atoms with Crippen LogP contribution in [0.1, 0.15) is 15.9 Å². The standard InChI is InChI=1S/C44H61F3N4O17/c45-44(46,47)36-4-3-5-37(34-36)49-40-7-2-1-6-39(40)43(52)68-33-32-67-31-30-66-29-28-65-27-26-64-25-24-63-23-22-62-21-20-61-19-18-60-17-16-59-15-14-58-13-12-57-11-10-48-41-9-8-38(50(53)54)35-42(41)51(55)56/h1-9,34-35,48-49H,10-33H2. The van der Waals surface area contributed by atoms with Gasteiger partial charge in [-0.05, 0) is 36.4 Å². The Bertz CT molecular complexity index is 1850. The number of nitrogens with zero attached hydrogens (tertiary/aromatic N) is 2. The fourth-order valence-electron chi connectivity index (χ4n) is 5.46. The summed E-state index contributed by atoms with van der Waals surface area (Å²) in [5.74, 6) is -0.642. The first-order chi connectivity index (χ1) is 33.1. The highest BCUT2D eigenvalue weighted by Gasteiger charge is 2.30. The molecular weight excluding hydrogens is 913 g/mol. The summed E-state index contributed by atoms with van der Waals surface area (Å²) in [5, 5.41) is 27.7. The monoisotopic (exact) mass is 974 g/mol. The summed E-state index contributed by atoms with van der Waals surface area (Å²) in [7, 11) is 0. The van der Waals surface area contributed by atoms with Crippen LogP contribution in [-0.2, 0) is 63.0 Å². The van der Waals surface area contributed by atoms with Crippen LogP contribution in [0.3, 0.4) is 0 Å². The Labute approximate surface area is 391 Å². The van der Waals surface area contributed by atoms with E-state index < -0.39 is 27.6 Å². The van der Waals surface area contributed by atoms with Crippen molar-refractivity contribution in [1.29, 1.82) is 0 Å². The maximum Gasteiger partial charge on any atom is 0.416 e. The number of carbonyl (C=O) groups excluding carboxylic acids is 1. The molecule has 2 N–H and O–H groups in total. The van der Waals surface area contributed by atoms with Crippen LogP contribution in [0, 0.1) is 20.2 Å². The molecule has 21 nitrogen and oxygen atoms in total. The molecule has 0 aliphatic rings. The zero-order chi connectivity index (χ0) is 48.9. The Morgan fingerprint density at radius 3 is 1.34 bits per heavy atom. The Morgan fingerprint density at radius 2 is 0.912 bits per heavy atom. The molecule has 0 spiro atoms. The van der Waals surface area contributed by atoms with Crippen molar-refractivity contribution >= 4 is 34.4 Å². The molecule has 0 aliphatic heterocycles. The number of hydrogen-bond donors (Lipinski definition) is 2. The molecule has 24 heteroatoms. The molecule has 0 heterocycles. The largest absolute Gasteiger partial charge is 0.460 e. The molecule has 0 atom stereocenters. The summed E-state index contributed by atoms with van der Waals surface area (Å²) >= 11 is 0. The van der Waals surface area contributed by atoms with E-state index in [2.05, 4.69) is 10.6 Å². The summed E-state index contributed by atoms with van der Waals surface area (Å²) < 4.78 is 105. The van der Waals surface area contributed by atoms with Gasteiger partial charge in [0.05, 0.1) is 178 Å². The first-order valence-electron chi connectivity index (χ1n) is 21.8. The topological polar surface area (TPSA) is 238 Å². The van der Waals surface area contributed by atoms with Crippen molar-refractivity contribution in [2.45, 2.75) is 6.18 Å². The lowest BCUT2D eigenvalue weighted by Crippen LogP contribution is -2.16. The third-order valence-corrected chi connectivity index (χ3v) is 8.75. The molecule has 0 saturated carbocycles. The van der Waals surface area contributed by atoms with Gasteiger partial charge >= 0.3 is 12.1 Å². The van der Waals surface area contributed by atoms with Crippen LogP contribution in [0.5, 0.6) is 0 Å². The number of nitro groups is 2. The quantitative estimate of drug-likeness (QED) is 0.0299. The minimum atomic E-state index is -4.49. The molecule has 3 aromatic carbocycles. The van der Waals surface area contributed by atoms with E-state index >= 15 is 0 Å². The number of ether oxygens (including phenoxy) is 12. The molecule has 0 aliphatic carbocycles. The molecule has 0 unspecified atom stereocenters. The minimum absolute atomic E-state index is 0.0181. The van der Waals surface area contributed by atoms with Gasteiger partial charge < -0.3 is 67.5 Å². The number of benzene rings is 3. The number of rotatable bonds is 42. The average molecular weight is 975 g/mol. The smallest absolute Gasteiger partial charge is 0.416 e. The first-order valence-corrected chi connectivity index (χ1v) is 21.8. The molecule has 0 saturated heterocycles. The van der Waals surface area contributed by atoms with Crippen molar-refractivity contribution in [3.8, 4) is 0 Å². The number of nitro benzene ring substituents is 2. The van der Waals surface area contributed by atoms with E-state index in [0.29, 0.717) is 131 Å². The summed E-state index contributed by atoms with van der Waals surface area (Å²) in [6.45, 7) is 8.47. The number of para-hydroxylation sites is 1. The van der Waals surface area contributed by atoms with E-state index in [1.807, 2.05) is 0 Å². The van der Waals surface area contributed by atoms with Crippen molar-refractivity contribution in [2.24, 2.45) is 0 Å². The van der Waals surface area contributed by atoms with E-state index in [-0.39, 0.29) is 61.3 Å². The summed E-state index contributed by atoms with van der Waals surface area (Å²) in [6.07, 6.45) is -4.49. The van der Waals surface area contributed by atoms with Crippen LogP contribution in [0.15, 0.2) is 66.7 Å². The number of hydrogen-bond acceptors (Lipinski definition) is 19. The molecule has 3 rings (SSSR count). The lowest BCUT2D eigenvalue weighted by molar-refractivity contribution is -0.393. The third kappa shape index (κ3) is 26.4. The first kappa shape index (κ1) is 57.2. The zero-order valence-electron chi connectivity index (χ0n) is 37.8. The highest BCUT2D eigenvalue weighted by Crippen LogP contribution is 2.32. The Morgan fingerprint density at radius 1 is 0.485 bits per heavy atom. The SMILES string of the molecule is O=C(OCCOCCOCCOCCOCCOCCOCCOCCOCCOCCOCCOCCNc1ccc([N+](=O)[O-])cc1[N+](=O)[O-])c1ccccc1Nc1cccc(C(F)(F)F)c1. The van der Waals surface area contributed by atoms with Crippen molar-refractivity contribution in [2.75, 3.05) is 169 Å².